The number of nitrogens with one attached hydrogen (secondary N) is 1. The van der Waals surface area contributed by atoms with Gasteiger partial charge in [-0.3, -0.25) is 4.79 Å². The second-order valence-electron chi connectivity index (χ2n) is 7.47. The Labute approximate surface area is 161 Å². The Kier molecular flexibility index (Phi) is 6.72. The molecule has 5 heteroatoms. The molecule has 27 heavy (non-hydrogen) atoms. The number of benzene rings is 2. The van der Waals surface area contributed by atoms with Crippen LogP contribution < -0.4 is 19.5 Å². The van der Waals surface area contributed by atoms with Gasteiger partial charge in [-0.15, -0.1) is 0 Å². The average molecular weight is 371 g/mol. The lowest BCUT2D eigenvalue weighted by molar-refractivity contribution is -0.123. The van der Waals surface area contributed by atoms with Gasteiger partial charge in [-0.25, -0.2) is 0 Å². The van der Waals surface area contributed by atoms with Crippen LogP contribution in [0.25, 0.3) is 0 Å². The molecule has 0 saturated carbocycles. The van der Waals surface area contributed by atoms with Crippen LogP contribution in [0.4, 0.5) is 0 Å². The first kappa shape index (κ1) is 20.6. The molecule has 2 aromatic rings. The number of carbonyl (C=O) groups is 1. The highest BCUT2D eigenvalue weighted by Gasteiger charge is 2.15. The Morgan fingerprint density at radius 1 is 1.00 bits per heavy atom. The fourth-order valence-electron chi connectivity index (χ4n) is 2.69. The molecule has 0 aromatic heterocycles. The van der Waals surface area contributed by atoms with E-state index in [1.54, 1.807) is 14.2 Å². The Bertz CT molecular complexity index is 763. The van der Waals surface area contributed by atoms with Crippen molar-refractivity contribution in [3.63, 3.8) is 0 Å². The third-order valence-electron chi connectivity index (χ3n) is 4.38. The molecule has 5 nitrogen and oxygen atoms in total. The standard InChI is InChI=1S/C22H29NO4/c1-15(16-7-12-19(25-5)20(13-16)26-6)23-21(24)14-27-18-10-8-17(9-11-18)22(2,3)4/h7-13,15H,14H2,1-6H3,(H,23,24). The molecule has 0 heterocycles. The molecule has 2 aromatic carbocycles. The molecule has 1 N–H and O–H groups in total. The van der Waals surface area contributed by atoms with Gasteiger partial charge in [0.15, 0.2) is 18.1 Å². The Morgan fingerprint density at radius 3 is 2.19 bits per heavy atom. The highest BCUT2D eigenvalue weighted by molar-refractivity contribution is 5.78. The first-order valence-corrected chi connectivity index (χ1v) is 8.99. The van der Waals surface area contributed by atoms with Crippen molar-refractivity contribution < 1.29 is 19.0 Å². The first-order valence-electron chi connectivity index (χ1n) is 8.99. The van der Waals surface area contributed by atoms with Gasteiger partial charge in [0.1, 0.15) is 5.75 Å². The number of hydrogen-bond acceptors (Lipinski definition) is 4. The third kappa shape index (κ3) is 5.64. The predicted octanol–water partition coefficient (Wildman–Crippen LogP) is 4.26. The van der Waals surface area contributed by atoms with Crippen LogP contribution in [0.15, 0.2) is 42.5 Å². The topological polar surface area (TPSA) is 56.8 Å². The lowest BCUT2D eigenvalue weighted by Crippen LogP contribution is -2.31. The third-order valence-corrected chi connectivity index (χ3v) is 4.38. The summed E-state index contributed by atoms with van der Waals surface area (Å²) in [6.07, 6.45) is 0. The summed E-state index contributed by atoms with van der Waals surface area (Å²) >= 11 is 0. The van der Waals surface area contributed by atoms with Gasteiger partial charge in [-0.2, -0.15) is 0 Å². The van der Waals surface area contributed by atoms with Gasteiger partial charge in [0.05, 0.1) is 20.3 Å². The lowest BCUT2D eigenvalue weighted by atomic mass is 9.87. The fraction of sp³-hybridized carbons (Fsp3) is 0.409. The number of hydrogen-bond donors (Lipinski definition) is 1. The molecule has 0 fully saturated rings. The van der Waals surface area contributed by atoms with Crippen LogP contribution >= 0.6 is 0 Å². The first-order chi connectivity index (χ1) is 12.7. The minimum Gasteiger partial charge on any atom is -0.493 e. The van der Waals surface area contributed by atoms with E-state index in [0.29, 0.717) is 17.2 Å². The van der Waals surface area contributed by atoms with Crippen molar-refractivity contribution in [1.29, 1.82) is 0 Å². The summed E-state index contributed by atoms with van der Waals surface area (Å²) in [5.74, 6) is 1.78. The monoisotopic (exact) mass is 371 g/mol. The summed E-state index contributed by atoms with van der Waals surface area (Å²) in [5.41, 5.74) is 2.24. The largest absolute Gasteiger partial charge is 0.493 e. The maximum absolute atomic E-state index is 12.2. The van der Waals surface area contributed by atoms with Gasteiger partial charge in [0, 0.05) is 0 Å². The van der Waals surface area contributed by atoms with Crippen molar-refractivity contribution in [2.24, 2.45) is 0 Å². The van der Waals surface area contributed by atoms with Crippen molar-refractivity contribution in [2.45, 2.75) is 39.2 Å². The Morgan fingerprint density at radius 2 is 1.63 bits per heavy atom. The molecular weight excluding hydrogens is 342 g/mol. The molecule has 146 valence electrons. The molecule has 0 aliphatic carbocycles. The van der Waals surface area contributed by atoms with Crippen molar-refractivity contribution in [1.82, 2.24) is 5.32 Å². The van der Waals surface area contributed by atoms with Crippen molar-refractivity contribution >= 4 is 5.91 Å². The molecule has 0 aliphatic rings. The number of methoxy groups -OCH3 is 2. The molecule has 2 rings (SSSR count). The van der Waals surface area contributed by atoms with Crippen LogP contribution in [0, 0.1) is 0 Å². The molecular formula is C22H29NO4. The summed E-state index contributed by atoms with van der Waals surface area (Å²) in [7, 11) is 3.18. The second-order valence-corrected chi connectivity index (χ2v) is 7.47. The fourth-order valence-corrected chi connectivity index (χ4v) is 2.69. The van der Waals surface area contributed by atoms with E-state index in [1.807, 2.05) is 49.4 Å². The number of ether oxygens (including phenoxy) is 3. The zero-order chi connectivity index (χ0) is 20.0. The van der Waals surface area contributed by atoms with E-state index >= 15 is 0 Å². The van der Waals surface area contributed by atoms with Gasteiger partial charge in [0.2, 0.25) is 0 Å². The van der Waals surface area contributed by atoms with Gasteiger partial charge < -0.3 is 19.5 Å². The summed E-state index contributed by atoms with van der Waals surface area (Å²) in [4.78, 5) is 12.2. The van der Waals surface area contributed by atoms with Gasteiger partial charge >= 0.3 is 0 Å². The van der Waals surface area contributed by atoms with E-state index in [2.05, 4.69) is 26.1 Å². The van der Waals surface area contributed by atoms with Gasteiger partial charge in [-0.1, -0.05) is 39.0 Å². The number of carbonyl (C=O) groups excluding carboxylic acids is 1. The van der Waals surface area contributed by atoms with Gasteiger partial charge in [0.25, 0.3) is 5.91 Å². The second kappa shape index (κ2) is 8.80. The summed E-state index contributed by atoms with van der Waals surface area (Å²) in [6, 6.07) is 13.2. The van der Waals surface area contributed by atoms with E-state index in [-0.39, 0.29) is 24.0 Å². The normalized spacial score (nSPS) is 12.2. The predicted molar refractivity (Wildman–Crippen MR) is 107 cm³/mol. The molecule has 1 amide bonds. The molecule has 1 unspecified atom stereocenters. The van der Waals surface area contributed by atoms with Crippen molar-refractivity contribution in [3.05, 3.63) is 53.6 Å². The quantitative estimate of drug-likeness (QED) is 0.790. The van der Waals surface area contributed by atoms with E-state index in [9.17, 15) is 4.79 Å². The maximum atomic E-state index is 12.2. The van der Waals surface area contributed by atoms with Crippen LogP contribution in [0.2, 0.25) is 0 Å². The lowest BCUT2D eigenvalue weighted by Gasteiger charge is -2.19. The van der Waals surface area contributed by atoms with Gasteiger partial charge in [-0.05, 0) is 47.7 Å². The number of rotatable bonds is 7. The smallest absolute Gasteiger partial charge is 0.258 e. The van der Waals surface area contributed by atoms with E-state index in [0.717, 1.165) is 5.56 Å². The molecule has 0 aliphatic heterocycles. The Balaban J connectivity index is 1.91. The van der Waals surface area contributed by atoms with Crippen molar-refractivity contribution in [2.75, 3.05) is 20.8 Å². The zero-order valence-corrected chi connectivity index (χ0v) is 17.0. The molecule has 0 bridgehead atoms. The highest BCUT2D eigenvalue weighted by atomic mass is 16.5. The van der Waals surface area contributed by atoms with Crippen LogP contribution in [-0.2, 0) is 10.2 Å². The average Bonchev–Trinajstić information content (AvgIpc) is 2.65. The van der Waals surface area contributed by atoms with Crippen LogP contribution in [0.1, 0.15) is 44.9 Å². The molecule has 1 atom stereocenters. The van der Waals surface area contributed by atoms with Crippen LogP contribution in [0.5, 0.6) is 17.2 Å². The molecule has 0 radical (unpaired) electrons. The van der Waals surface area contributed by atoms with E-state index < -0.39 is 0 Å². The zero-order valence-electron chi connectivity index (χ0n) is 17.0. The minimum absolute atomic E-state index is 0.0352. The van der Waals surface area contributed by atoms with Crippen LogP contribution in [0.3, 0.4) is 0 Å². The minimum atomic E-state index is -0.183. The highest BCUT2D eigenvalue weighted by Crippen LogP contribution is 2.30. The number of amides is 1. The van der Waals surface area contributed by atoms with Crippen molar-refractivity contribution in [3.8, 4) is 17.2 Å². The van der Waals surface area contributed by atoms with E-state index in [1.165, 1.54) is 5.56 Å². The molecule has 0 spiro atoms. The summed E-state index contributed by atoms with van der Waals surface area (Å²) in [5, 5.41) is 2.93. The molecule has 0 saturated heterocycles. The summed E-state index contributed by atoms with van der Waals surface area (Å²) in [6.45, 7) is 8.35. The maximum Gasteiger partial charge on any atom is 0.258 e. The summed E-state index contributed by atoms with van der Waals surface area (Å²) < 4.78 is 16.1. The Hall–Kier alpha value is -2.69. The SMILES string of the molecule is COc1ccc(C(C)NC(=O)COc2ccc(C(C)(C)C)cc2)cc1OC. The van der Waals surface area contributed by atoms with E-state index in [4.69, 9.17) is 14.2 Å². The van der Waals surface area contributed by atoms with Crippen LogP contribution in [-0.4, -0.2) is 26.7 Å².